The Kier molecular flexibility index (Phi) is 9.31. The van der Waals surface area contributed by atoms with E-state index in [2.05, 4.69) is 5.32 Å². The van der Waals surface area contributed by atoms with Crippen LogP contribution in [0.3, 0.4) is 0 Å². The summed E-state index contributed by atoms with van der Waals surface area (Å²) in [6.07, 6.45) is -1.33. The normalized spacial score (nSPS) is 14.0. The van der Waals surface area contributed by atoms with E-state index in [0.29, 0.717) is 5.56 Å². The molecule has 0 spiro atoms. The molecule has 2 unspecified atom stereocenters. The number of benzene rings is 4. The highest BCUT2D eigenvalue weighted by Gasteiger charge is 2.38. The second-order valence-electron chi connectivity index (χ2n) is 9.26. The summed E-state index contributed by atoms with van der Waals surface area (Å²) in [5.41, 5.74) is 3.90. The van der Waals surface area contributed by atoms with Gasteiger partial charge < -0.3 is 20.1 Å². The van der Waals surface area contributed by atoms with E-state index in [1.165, 1.54) is 0 Å². The van der Waals surface area contributed by atoms with Gasteiger partial charge in [-0.2, -0.15) is 0 Å². The van der Waals surface area contributed by atoms with Crippen LogP contribution >= 0.6 is 7.37 Å². The third-order valence-electron chi connectivity index (χ3n) is 6.36. The molecule has 0 aliphatic carbocycles. The SMILES string of the molecule is O=C(N[C@@H](c1ccccc1)P(=O)(O)CC(Cc1ccc(-c2ccccc2)cc1)C(=O)O)OCc1ccccc1. The Morgan fingerprint density at radius 2 is 1.28 bits per heavy atom. The van der Waals surface area contributed by atoms with Gasteiger partial charge in [-0.15, -0.1) is 0 Å². The van der Waals surface area contributed by atoms with Gasteiger partial charge in [-0.3, -0.25) is 9.36 Å². The van der Waals surface area contributed by atoms with Crippen LogP contribution in [-0.4, -0.2) is 28.2 Å². The molecule has 3 atom stereocenters. The molecular weight excluding hydrogens is 513 g/mol. The number of hydrogen-bond donors (Lipinski definition) is 3. The van der Waals surface area contributed by atoms with Crippen molar-refractivity contribution >= 4 is 19.4 Å². The molecule has 0 bridgehead atoms. The molecule has 0 aliphatic rings. The third-order valence-corrected chi connectivity index (χ3v) is 8.56. The number of amides is 1. The van der Waals surface area contributed by atoms with Crippen molar-refractivity contribution in [2.24, 2.45) is 5.92 Å². The van der Waals surface area contributed by atoms with Crippen LogP contribution in [0.2, 0.25) is 0 Å². The van der Waals surface area contributed by atoms with Gasteiger partial charge in [-0.25, -0.2) is 4.79 Å². The molecule has 4 aromatic carbocycles. The summed E-state index contributed by atoms with van der Waals surface area (Å²) in [5.74, 6) is -3.66. The minimum absolute atomic E-state index is 0.0133. The number of rotatable bonds is 11. The Labute approximate surface area is 227 Å². The Morgan fingerprint density at radius 1 is 0.744 bits per heavy atom. The number of alkyl carbamates (subject to hydrolysis) is 1. The molecule has 0 saturated heterocycles. The zero-order valence-electron chi connectivity index (χ0n) is 21.2. The molecule has 200 valence electrons. The lowest BCUT2D eigenvalue weighted by atomic mass is 9.98. The van der Waals surface area contributed by atoms with E-state index >= 15 is 0 Å². The standard InChI is InChI=1S/C31H30NO6P/c33-30(34)28(20-23-16-18-26(19-17-23)25-12-6-2-7-13-25)22-39(36,37)29(27-14-8-3-9-15-27)32-31(35)38-21-24-10-4-1-5-11-24/h1-19,28-29H,20-22H2,(H,32,35)(H,33,34)(H,36,37)/t28?,29-/m1/s1. The van der Waals surface area contributed by atoms with Gasteiger partial charge in [-0.1, -0.05) is 115 Å². The molecule has 0 fully saturated rings. The highest BCUT2D eigenvalue weighted by atomic mass is 31.2. The average Bonchev–Trinajstić information content (AvgIpc) is 2.96. The van der Waals surface area contributed by atoms with Crippen LogP contribution in [-0.2, 0) is 27.1 Å². The first-order valence-electron chi connectivity index (χ1n) is 12.5. The van der Waals surface area contributed by atoms with Gasteiger partial charge in [0.05, 0.1) is 5.92 Å². The summed E-state index contributed by atoms with van der Waals surface area (Å²) in [4.78, 5) is 36.0. The second kappa shape index (κ2) is 13.1. The van der Waals surface area contributed by atoms with Crippen molar-refractivity contribution in [1.29, 1.82) is 0 Å². The number of hydrogen-bond acceptors (Lipinski definition) is 4. The summed E-state index contributed by atoms with van der Waals surface area (Å²) < 4.78 is 19.0. The maximum absolute atomic E-state index is 13.7. The molecular formula is C31H30NO6P. The Hall–Kier alpha value is -4.19. The van der Waals surface area contributed by atoms with E-state index in [9.17, 15) is 24.2 Å². The molecule has 8 heteroatoms. The maximum Gasteiger partial charge on any atom is 0.408 e. The number of carbonyl (C=O) groups excluding carboxylic acids is 1. The van der Waals surface area contributed by atoms with Crippen molar-refractivity contribution in [3.8, 4) is 11.1 Å². The Bertz CT molecular complexity index is 1410. The summed E-state index contributed by atoms with van der Waals surface area (Å²) in [7, 11) is -4.27. The van der Waals surface area contributed by atoms with E-state index in [-0.39, 0.29) is 13.0 Å². The van der Waals surface area contributed by atoms with E-state index < -0.39 is 37.3 Å². The van der Waals surface area contributed by atoms with Gasteiger partial charge in [0.2, 0.25) is 7.37 Å². The number of nitrogens with one attached hydrogen (secondary N) is 1. The van der Waals surface area contributed by atoms with Crippen molar-refractivity contribution in [2.45, 2.75) is 18.8 Å². The van der Waals surface area contributed by atoms with Crippen molar-refractivity contribution in [2.75, 3.05) is 6.16 Å². The number of carboxylic acid groups (broad SMARTS) is 1. The molecule has 3 N–H and O–H groups in total. The van der Waals surface area contributed by atoms with Gasteiger partial charge in [0.1, 0.15) is 12.4 Å². The molecule has 4 rings (SSSR count). The van der Waals surface area contributed by atoms with Crippen LogP contribution in [0.25, 0.3) is 11.1 Å². The van der Waals surface area contributed by atoms with Crippen LogP contribution in [0, 0.1) is 5.92 Å². The molecule has 0 heterocycles. The summed E-state index contributed by atoms with van der Waals surface area (Å²) >= 11 is 0. The quantitative estimate of drug-likeness (QED) is 0.186. The molecule has 4 aromatic rings. The fourth-order valence-electron chi connectivity index (χ4n) is 4.33. The largest absolute Gasteiger partial charge is 0.481 e. The molecule has 0 saturated carbocycles. The molecule has 39 heavy (non-hydrogen) atoms. The van der Waals surface area contributed by atoms with Crippen molar-refractivity contribution in [3.05, 3.63) is 132 Å². The van der Waals surface area contributed by atoms with Crippen molar-refractivity contribution in [1.82, 2.24) is 5.32 Å². The Balaban J connectivity index is 1.49. The monoisotopic (exact) mass is 543 g/mol. The molecule has 0 radical (unpaired) electrons. The van der Waals surface area contributed by atoms with Crippen LogP contribution in [0.15, 0.2) is 115 Å². The van der Waals surface area contributed by atoms with Crippen LogP contribution in [0.1, 0.15) is 22.5 Å². The van der Waals surface area contributed by atoms with E-state index in [1.807, 2.05) is 72.8 Å². The molecule has 0 aromatic heterocycles. The predicted octanol–water partition coefficient (Wildman–Crippen LogP) is 6.49. The van der Waals surface area contributed by atoms with E-state index in [1.54, 1.807) is 42.5 Å². The summed E-state index contributed by atoms with van der Waals surface area (Å²) in [5, 5.41) is 12.4. The second-order valence-corrected chi connectivity index (χ2v) is 11.7. The maximum atomic E-state index is 13.7. The van der Waals surface area contributed by atoms with Crippen LogP contribution in [0.4, 0.5) is 4.79 Å². The first-order valence-corrected chi connectivity index (χ1v) is 14.4. The van der Waals surface area contributed by atoms with Gasteiger partial charge in [0.15, 0.2) is 0 Å². The van der Waals surface area contributed by atoms with Crippen molar-refractivity contribution in [3.63, 3.8) is 0 Å². The average molecular weight is 544 g/mol. The molecule has 1 amide bonds. The number of carbonyl (C=O) groups is 2. The lowest BCUT2D eigenvalue weighted by Crippen LogP contribution is -2.31. The third kappa shape index (κ3) is 7.90. The zero-order valence-corrected chi connectivity index (χ0v) is 22.1. The Morgan fingerprint density at radius 3 is 1.87 bits per heavy atom. The van der Waals surface area contributed by atoms with Gasteiger partial charge in [-0.05, 0) is 34.2 Å². The zero-order chi connectivity index (χ0) is 27.7. The van der Waals surface area contributed by atoms with Gasteiger partial charge in [0.25, 0.3) is 0 Å². The van der Waals surface area contributed by atoms with Crippen molar-refractivity contribution < 1.29 is 28.9 Å². The topological polar surface area (TPSA) is 113 Å². The van der Waals surface area contributed by atoms with E-state index in [0.717, 1.165) is 22.3 Å². The predicted molar refractivity (Wildman–Crippen MR) is 150 cm³/mol. The highest BCUT2D eigenvalue weighted by Crippen LogP contribution is 2.55. The fourth-order valence-corrected chi connectivity index (χ4v) is 6.40. The highest BCUT2D eigenvalue weighted by molar-refractivity contribution is 7.58. The van der Waals surface area contributed by atoms with Gasteiger partial charge >= 0.3 is 12.1 Å². The van der Waals surface area contributed by atoms with Crippen LogP contribution < -0.4 is 5.32 Å². The van der Waals surface area contributed by atoms with Gasteiger partial charge in [0, 0.05) is 6.16 Å². The van der Waals surface area contributed by atoms with E-state index in [4.69, 9.17) is 4.74 Å². The lowest BCUT2D eigenvalue weighted by Gasteiger charge is -2.26. The molecule has 0 aliphatic heterocycles. The summed E-state index contributed by atoms with van der Waals surface area (Å²) in [6.45, 7) is -0.0133. The molecule has 7 nitrogen and oxygen atoms in total. The first kappa shape index (κ1) is 27.8. The minimum Gasteiger partial charge on any atom is -0.481 e. The number of aliphatic carboxylic acids is 1. The fraction of sp³-hybridized carbons (Fsp3) is 0.161. The lowest BCUT2D eigenvalue weighted by molar-refractivity contribution is -0.141. The minimum atomic E-state index is -4.27. The first-order chi connectivity index (χ1) is 18.8. The summed E-state index contributed by atoms with van der Waals surface area (Å²) in [6, 6.07) is 34.6. The number of carboxylic acids is 1. The smallest absolute Gasteiger partial charge is 0.408 e. The van der Waals surface area contributed by atoms with Crippen LogP contribution in [0.5, 0.6) is 0 Å². The number of ether oxygens (including phenoxy) is 1.